The summed E-state index contributed by atoms with van der Waals surface area (Å²) in [6.07, 6.45) is -1.34. The topological polar surface area (TPSA) is 46.3 Å². The molecule has 114 valence electrons. The average Bonchev–Trinajstić information content (AvgIpc) is 2.33. The fraction of sp³-hybridized carbons (Fsp3) is 0.923. The SMILES string of the molecule is CCCCC(N)C(=O)N(CC(F)(F)F)C(CC)CC. The molecule has 0 rings (SSSR count). The number of carbonyl (C=O) groups is 1. The molecule has 0 heterocycles. The van der Waals surface area contributed by atoms with Crippen LogP contribution in [-0.4, -0.2) is 35.6 Å². The molecule has 0 spiro atoms. The summed E-state index contributed by atoms with van der Waals surface area (Å²) in [5, 5.41) is 0. The molecule has 0 bridgehead atoms. The van der Waals surface area contributed by atoms with Crippen molar-refractivity contribution < 1.29 is 18.0 Å². The van der Waals surface area contributed by atoms with Gasteiger partial charge in [0.1, 0.15) is 6.54 Å². The Bertz CT molecular complexity index is 265. The second-order valence-corrected chi connectivity index (χ2v) is 4.80. The lowest BCUT2D eigenvalue weighted by atomic mass is 10.1. The van der Waals surface area contributed by atoms with E-state index in [2.05, 4.69) is 0 Å². The van der Waals surface area contributed by atoms with Gasteiger partial charge < -0.3 is 10.6 Å². The minimum absolute atomic E-state index is 0.401. The van der Waals surface area contributed by atoms with Gasteiger partial charge in [0.25, 0.3) is 0 Å². The maximum absolute atomic E-state index is 12.6. The van der Waals surface area contributed by atoms with Gasteiger partial charge in [-0.25, -0.2) is 0 Å². The molecule has 1 amide bonds. The van der Waals surface area contributed by atoms with E-state index in [1.807, 2.05) is 6.92 Å². The van der Waals surface area contributed by atoms with E-state index in [0.29, 0.717) is 19.3 Å². The molecule has 3 nitrogen and oxygen atoms in total. The van der Waals surface area contributed by atoms with Crippen LogP contribution in [0.3, 0.4) is 0 Å². The van der Waals surface area contributed by atoms with Gasteiger partial charge in [-0.15, -0.1) is 0 Å². The molecule has 0 saturated carbocycles. The van der Waals surface area contributed by atoms with Crippen molar-refractivity contribution in [2.45, 2.75) is 71.1 Å². The first kappa shape index (κ1) is 18.2. The van der Waals surface area contributed by atoms with Crippen LogP contribution in [0.15, 0.2) is 0 Å². The van der Waals surface area contributed by atoms with Crippen molar-refractivity contribution in [1.82, 2.24) is 4.90 Å². The van der Waals surface area contributed by atoms with Crippen LogP contribution in [0, 0.1) is 0 Å². The molecule has 2 N–H and O–H groups in total. The third kappa shape index (κ3) is 6.80. The molecular weight excluding hydrogens is 257 g/mol. The van der Waals surface area contributed by atoms with Gasteiger partial charge >= 0.3 is 6.18 Å². The Labute approximate surface area is 113 Å². The number of halogens is 3. The molecule has 0 aromatic heterocycles. The van der Waals surface area contributed by atoms with E-state index >= 15 is 0 Å². The van der Waals surface area contributed by atoms with Crippen molar-refractivity contribution in [3.05, 3.63) is 0 Å². The second-order valence-electron chi connectivity index (χ2n) is 4.80. The first-order valence-corrected chi connectivity index (χ1v) is 6.89. The third-order valence-corrected chi connectivity index (χ3v) is 3.20. The van der Waals surface area contributed by atoms with Crippen LogP contribution in [0.5, 0.6) is 0 Å². The molecule has 0 fully saturated rings. The summed E-state index contributed by atoms with van der Waals surface area (Å²) < 4.78 is 37.7. The van der Waals surface area contributed by atoms with E-state index in [4.69, 9.17) is 5.73 Å². The van der Waals surface area contributed by atoms with Gasteiger partial charge in [0.05, 0.1) is 6.04 Å². The Kier molecular flexibility index (Phi) is 8.06. The van der Waals surface area contributed by atoms with Crippen LogP contribution in [0.25, 0.3) is 0 Å². The summed E-state index contributed by atoms with van der Waals surface area (Å²) in [7, 11) is 0. The molecule has 1 atom stereocenters. The van der Waals surface area contributed by atoms with Crippen molar-refractivity contribution in [2.24, 2.45) is 5.73 Å². The normalized spacial score (nSPS) is 13.7. The second kappa shape index (κ2) is 8.40. The highest BCUT2D eigenvalue weighted by Gasteiger charge is 2.36. The quantitative estimate of drug-likeness (QED) is 0.743. The van der Waals surface area contributed by atoms with Gasteiger partial charge in [0.2, 0.25) is 5.91 Å². The number of carbonyl (C=O) groups excluding carboxylic acids is 1. The number of hydrogen-bond acceptors (Lipinski definition) is 2. The van der Waals surface area contributed by atoms with Crippen LogP contribution in [0.1, 0.15) is 52.9 Å². The number of hydrogen-bond donors (Lipinski definition) is 1. The summed E-state index contributed by atoms with van der Waals surface area (Å²) in [5.41, 5.74) is 5.71. The molecule has 0 radical (unpaired) electrons. The smallest absolute Gasteiger partial charge is 0.329 e. The van der Waals surface area contributed by atoms with Gasteiger partial charge in [0.15, 0.2) is 0 Å². The molecule has 0 aromatic rings. The Morgan fingerprint density at radius 3 is 2.11 bits per heavy atom. The van der Waals surface area contributed by atoms with Crippen molar-refractivity contribution in [1.29, 1.82) is 0 Å². The fourth-order valence-electron chi connectivity index (χ4n) is 2.07. The van der Waals surface area contributed by atoms with E-state index in [1.54, 1.807) is 13.8 Å². The van der Waals surface area contributed by atoms with E-state index in [1.165, 1.54) is 0 Å². The highest BCUT2D eigenvalue weighted by atomic mass is 19.4. The zero-order valence-corrected chi connectivity index (χ0v) is 12.0. The monoisotopic (exact) mass is 282 g/mol. The molecule has 0 aliphatic carbocycles. The minimum Gasteiger partial charge on any atom is -0.329 e. The van der Waals surface area contributed by atoms with Crippen molar-refractivity contribution in [2.75, 3.05) is 6.54 Å². The Morgan fingerprint density at radius 1 is 1.21 bits per heavy atom. The van der Waals surface area contributed by atoms with Crippen LogP contribution < -0.4 is 5.73 Å². The Hall–Kier alpha value is -0.780. The van der Waals surface area contributed by atoms with Gasteiger partial charge in [0, 0.05) is 6.04 Å². The molecular formula is C13H25F3N2O. The van der Waals surface area contributed by atoms with Crippen LogP contribution in [-0.2, 0) is 4.79 Å². The Balaban J connectivity index is 4.85. The number of unbranched alkanes of at least 4 members (excludes halogenated alkanes) is 1. The zero-order valence-electron chi connectivity index (χ0n) is 12.0. The predicted molar refractivity (Wildman–Crippen MR) is 69.6 cm³/mol. The lowest BCUT2D eigenvalue weighted by Crippen LogP contribution is -2.51. The molecule has 19 heavy (non-hydrogen) atoms. The summed E-state index contributed by atoms with van der Waals surface area (Å²) in [6, 6.07) is -1.23. The molecule has 0 saturated heterocycles. The van der Waals surface area contributed by atoms with Crippen molar-refractivity contribution in [3.8, 4) is 0 Å². The summed E-state index contributed by atoms with van der Waals surface area (Å²) >= 11 is 0. The van der Waals surface area contributed by atoms with Gasteiger partial charge in [-0.1, -0.05) is 33.6 Å². The number of amides is 1. The lowest BCUT2D eigenvalue weighted by Gasteiger charge is -2.33. The first-order chi connectivity index (χ1) is 8.76. The van der Waals surface area contributed by atoms with Gasteiger partial charge in [-0.05, 0) is 19.3 Å². The Morgan fingerprint density at radius 2 is 1.74 bits per heavy atom. The van der Waals surface area contributed by atoms with E-state index in [9.17, 15) is 18.0 Å². The van der Waals surface area contributed by atoms with Gasteiger partial charge in [-0.2, -0.15) is 13.2 Å². The van der Waals surface area contributed by atoms with Crippen LogP contribution in [0.4, 0.5) is 13.2 Å². The highest BCUT2D eigenvalue weighted by Crippen LogP contribution is 2.21. The number of rotatable bonds is 8. The van der Waals surface area contributed by atoms with Gasteiger partial charge in [-0.3, -0.25) is 4.79 Å². The summed E-state index contributed by atoms with van der Waals surface area (Å²) in [5.74, 6) is -0.584. The highest BCUT2D eigenvalue weighted by molar-refractivity contribution is 5.82. The maximum atomic E-state index is 12.6. The maximum Gasteiger partial charge on any atom is 0.406 e. The van der Waals surface area contributed by atoms with Crippen LogP contribution >= 0.6 is 0 Å². The molecule has 0 aliphatic heterocycles. The van der Waals surface area contributed by atoms with E-state index in [0.717, 1.165) is 17.7 Å². The predicted octanol–water partition coefficient (Wildman–Crippen LogP) is 3.08. The number of alkyl halides is 3. The minimum atomic E-state index is -4.39. The standard InChI is InChI=1S/C13H25F3N2O/c1-4-7-8-11(17)12(19)18(9-13(14,15)16)10(5-2)6-3/h10-11H,4-9,17H2,1-3H3. The largest absolute Gasteiger partial charge is 0.406 e. The van der Waals surface area contributed by atoms with Crippen molar-refractivity contribution in [3.63, 3.8) is 0 Å². The number of nitrogens with two attached hydrogens (primary N) is 1. The molecule has 0 aromatic carbocycles. The first-order valence-electron chi connectivity index (χ1n) is 6.89. The van der Waals surface area contributed by atoms with Crippen LogP contribution in [0.2, 0.25) is 0 Å². The molecule has 0 aliphatic rings. The lowest BCUT2D eigenvalue weighted by molar-refractivity contribution is -0.167. The third-order valence-electron chi connectivity index (χ3n) is 3.20. The van der Waals surface area contributed by atoms with Crippen molar-refractivity contribution >= 4 is 5.91 Å². The van der Waals surface area contributed by atoms with E-state index < -0.39 is 30.7 Å². The zero-order chi connectivity index (χ0) is 15.1. The molecule has 6 heteroatoms. The molecule has 1 unspecified atom stereocenters. The number of nitrogens with zero attached hydrogens (tertiary/aromatic N) is 1. The summed E-state index contributed by atoms with van der Waals surface area (Å²) in [4.78, 5) is 13.0. The average molecular weight is 282 g/mol. The van der Waals surface area contributed by atoms with E-state index in [-0.39, 0.29) is 0 Å². The fourth-order valence-corrected chi connectivity index (χ4v) is 2.07. The summed E-state index contributed by atoms with van der Waals surface area (Å²) in [6.45, 7) is 4.30.